The maximum atomic E-state index is 12.6. The predicted octanol–water partition coefficient (Wildman–Crippen LogP) is 5.12. The molecule has 0 bridgehead atoms. The molecule has 1 aromatic carbocycles. The van der Waals surface area contributed by atoms with Crippen molar-refractivity contribution in [2.45, 2.75) is 45.7 Å². The van der Waals surface area contributed by atoms with E-state index in [1.54, 1.807) is 12.3 Å². The Hall–Kier alpha value is -2.07. The Morgan fingerprint density at radius 3 is 2.83 bits per heavy atom. The molecule has 2 atom stereocenters. The van der Waals surface area contributed by atoms with E-state index in [-0.39, 0.29) is 12.1 Å². The first kappa shape index (κ1) is 16.8. The van der Waals surface area contributed by atoms with Crippen LogP contribution in [0.2, 0.25) is 5.02 Å². The van der Waals surface area contributed by atoms with Gasteiger partial charge in [0.15, 0.2) is 0 Å². The average Bonchev–Trinajstić information content (AvgIpc) is 2.56. The number of likely N-dealkylation sites (tertiary alicyclic amines) is 1. The zero-order valence-corrected chi connectivity index (χ0v) is 15.0. The second-order valence-corrected chi connectivity index (χ2v) is 6.74. The van der Waals surface area contributed by atoms with Crippen LogP contribution >= 0.6 is 11.6 Å². The molecule has 1 aliphatic rings. The lowest BCUT2D eigenvalue weighted by atomic mass is 9.93. The van der Waals surface area contributed by atoms with Crippen LogP contribution in [0.5, 0.6) is 0 Å². The number of rotatable bonds is 3. The van der Waals surface area contributed by atoms with Crippen molar-refractivity contribution in [1.29, 1.82) is 0 Å². The topological polar surface area (TPSA) is 45.2 Å². The van der Waals surface area contributed by atoms with E-state index in [1.165, 1.54) is 0 Å². The van der Waals surface area contributed by atoms with E-state index < -0.39 is 0 Å². The third-order valence-corrected chi connectivity index (χ3v) is 5.12. The highest BCUT2D eigenvalue weighted by atomic mass is 35.5. The van der Waals surface area contributed by atoms with Crippen molar-refractivity contribution in [3.63, 3.8) is 0 Å². The Morgan fingerprint density at radius 2 is 2.21 bits per heavy atom. The Kier molecular flexibility index (Phi) is 4.76. The molecular formula is C19H22ClN3O. The molecule has 5 heteroatoms. The Labute approximate surface area is 147 Å². The fourth-order valence-corrected chi connectivity index (χ4v) is 3.52. The number of halogens is 1. The zero-order chi connectivity index (χ0) is 17.3. The lowest BCUT2D eigenvalue weighted by molar-refractivity contribution is 0.0688. The van der Waals surface area contributed by atoms with Gasteiger partial charge in [0.1, 0.15) is 0 Å². The largest absolute Gasteiger partial charge is 0.322 e. The van der Waals surface area contributed by atoms with E-state index in [0.717, 1.165) is 29.7 Å². The summed E-state index contributed by atoms with van der Waals surface area (Å²) in [5, 5.41) is 3.61. The van der Waals surface area contributed by atoms with Crippen molar-refractivity contribution in [3.05, 3.63) is 47.1 Å². The van der Waals surface area contributed by atoms with Gasteiger partial charge in [0.2, 0.25) is 0 Å². The number of nitrogens with zero attached hydrogens (tertiary/aromatic N) is 2. The number of pyridine rings is 1. The molecule has 2 unspecified atom stereocenters. The number of hydrogen-bond donors (Lipinski definition) is 1. The van der Waals surface area contributed by atoms with Crippen LogP contribution in [0.15, 0.2) is 36.5 Å². The lowest BCUT2D eigenvalue weighted by Gasteiger charge is -2.46. The maximum absolute atomic E-state index is 12.6. The Morgan fingerprint density at radius 1 is 1.42 bits per heavy atom. The van der Waals surface area contributed by atoms with Crippen LogP contribution < -0.4 is 5.32 Å². The third-order valence-electron chi connectivity index (χ3n) is 4.72. The van der Waals surface area contributed by atoms with Crippen LogP contribution in [-0.2, 0) is 0 Å². The summed E-state index contributed by atoms with van der Waals surface area (Å²) in [4.78, 5) is 18.9. The van der Waals surface area contributed by atoms with E-state index in [0.29, 0.717) is 16.8 Å². The molecule has 126 valence electrons. The van der Waals surface area contributed by atoms with Gasteiger partial charge < -0.3 is 10.2 Å². The summed E-state index contributed by atoms with van der Waals surface area (Å²) in [6.45, 7) is 6.15. The quantitative estimate of drug-likeness (QED) is 0.841. The summed E-state index contributed by atoms with van der Waals surface area (Å²) >= 11 is 6.37. The van der Waals surface area contributed by atoms with Gasteiger partial charge in [-0.2, -0.15) is 0 Å². The molecule has 4 nitrogen and oxygen atoms in total. The molecule has 2 amide bonds. The van der Waals surface area contributed by atoms with Crippen molar-refractivity contribution in [2.24, 2.45) is 0 Å². The lowest BCUT2D eigenvalue weighted by Crippen LogP contribution is -2.58. The fourth-order valence-electron chi connectivity index (χ4n) is 3.30. The van der Waals surface area contributed by atoms with Crippen LogP contribution in [0.1, 0.15) is 32.3 Å². The molecule has 1 N–H and O–H groups in total. The number of aromatic nitrogens is 1. The van der Waals surface area contributed by atoms with Gasteiger partial charge in [-0.3, -0.25) is 4.98 Å². The molecule has 1 aliphatic heterocycles. The van der Waals surface area contributed by atoms with Crippen LogP contribution in [0.25, 0.3) is 11.3 Å². The van der Waals surface area contributed by atoms with Gasteiger partial charge in [-0.25, -0.2) is 4.79 Å². The van der Waals surface area contributed by atoms with E-state index in [2.05, 4.69) is 24.1 Å². The second-order valence-electron chi connectivity index (χ2n) is 6.33. The van der Waals surface area contributed by atoms with Gasteiger partial charge in [-0.1, -0.05) is 24.6 Å². The molecule has 1 aromatic heterocycles. The summed E-state index contributed by atoms with van der Waals surface area (Å²) < 4.78 is 0. The molecule has 24 heavy (non-hydrogen) atoms. The number of amides is 2. The smallest absolute Gasteiger partial charge is 0.319 e. The molecule has 0 saturated carbocycles. The summed E-state index contributed by atoms with van der Waals surface area (Å²) in [5.41, 5.74) is 3.43. The number of carbonyl (C=O) groups excluding carboxylic acids is 1. The number of anilines is 1. The van der Waals surface area contributed by atoms with Crippen molar-refractivity contribution in [1.82, 2.24) is 9.88 Å². The first-order valence-corrected chi connectivity index (χ1v) is 8.70. The van der Waals surface area contributed by atoms with Gasteiger partial charge in [0.25, 0.3) is 0 Å². The highest BCUT2D eigenvalue weighted by Crippen LogP contribution is 2.33. The van der Waals surface area contributed by atoms with Crippen LogP contribution in [0, 0.1) is 6.92 Å². The minimum absolute atomic E-state index is 0.0625. The minimum atomic E-state index is -0.0625. The van der Waals surface area contributed by atoms with Crippen molar-refractivity contribution < 1.29 is 4.79 Å². The second kappa shape index (κ2) is 6.81. The van der Waals surface area contributed by atoms with Gasteiger partial charge in [0.05, 0.1) is 5.69 Å². The molecular weight excluding hydrogens is 322 g/mol. The number of urea groups is 1. The highest BCUT2D eigenvalue weighted by molar-refractivity contribution is 6.32. The zero-order valence-electron chi connectivity index (χ0n) is 14.2. The summed E-state index contributed by atoms with van der Waals surface area (Å²) in [5.74, 6) is 0. The molecule has 2 aromatic rings. The molecule has 2 heterocycles. The van der Waals surface area contributed by atoms with Crippen molar-refractivity contribution in [3.8, 4) is 11.3 Å². The van der Waals surface area contributed by atoms with Crippen LogP contribution in [0.4, 0.5) is 10.5 Å². The van der Waals surface area contributed by atoms with E-state index in [1.807, 2.05) is 36.1 Å². The number of carbonyl (C=O) groups is 1. The van der Waals surface area contributed by atoms with Gasteiger partial charge >= 0.3 is 6.03 Å². The first-order valence-electron chi connectivity index (χ1n) is 8.32. The highest BCUT2D eigenvalue weighted by Gasteiger charge is 2.37. The van der Waals surface area contributed by atoms with Gasteiger partial charge in [0, 0.05) is 34.6 Å². The number of nitrogens with one attached hydrogen (secondary N) is 1. The average molecular weight is 344 g/mol. The van der Waals surface area contributed by atoms with Gasteiger partial charge in [-0.15, -0.1) is 0 Å². The first-order chi connectivity index (χ1) is 11.5. The Bertz CT molecular complexity index is 748. The van der Waals surface area contributed by atoms with Crippen LogP contribution in [-0.4, -0.2) is 28.0 Å². The van der Waals surface area contributed by atoms with Crippen molar-refractivity contribution >= 4 is 23.3 Å². The molecule has 0 aliphatic carbocycles. The van der Waals surface area contributed by atoms with Crippen LogP contribution in [0.3, 0.4) is 0 Å². The molecule has 1 saturated heterocycles. The Balaban J connectivity index is 1.87. The number of benzene rings is 1. The van der Waals surface area contributed by atoms with E-state index in [4.69, 9.17) is 11.6 Å². The van der Waals surface area contributed by atoms with E-state index in [9.17, 15) is 4.79 Å². The summed E-state index contributed by atoms with van der Waals surface area (Å²) in [7, 11) is 0. The van der Waals surface area contributed by atoms with E-state index >= 15 is 0 Å². The third kappa shape index (κ3) is 3.11. The normalized spacial score (nSPS) is 19.8. The maximum Gasteiger partial charge on any atom is 0.322 e. The minimum Gasteiger partial charge on any atom is -0.319 e. The monoisotopic (exact) mass is 343 g/mol. The molecule has 1 fully saturated rings. The number of hydrogen-bond acceptors (Lipinski definition) is 2. The standard InChI is InChI=1S/C19H22ClN3O/c1-4-15-9-12(2)23(15)19(24)22-14-10-16(13(3)17(20)11-14)18-7-5-6-8-21-18/h5-8,10-12,15H,4,9H2,1-3H3,(H,22,24). The summed E-state index contributed by atoms with van der Waals surface area (Å²) in [6, 6.07) is 10.0. The van der Waals surface area contributed by atoms with Gasteiger partial charge in [-0.05, 0) is 56.5 Å². The SMILES string of the molecule is CCC1CC(C)N1C(=O)Nc1cc(Cl)c(C)c(-c2ccccn2)c1. The summed E-state index contributed by atoms with van der Waals surface area (Å²) in [6.07, 6.45) is 3.80. The molecule has 0 radical (unpaired) electrons. The molecule has 3 rings (SSSR count). The fraction of sp³-hybridized carbons (Fsp3) is 0.368. The predicted molar refractivity (Wildman–Crippen MR) is 98.4 cm³/mol. The molecule has 0 spiro atoms. The van der Waals surface area contributed by atoms with Crippen molar-refractivity contribution in [2.75, 3.05) is 5.32 Å².